The summed E-state index contributed by atoms with van der Waals surface area (Å²) in [6.07, 6.45) is 9.75. The average Bonchev–Trinajstić information content (AvgIpc) is 2.58. The van der Waals surface area contributed by atoms with Gasteiger partial charge in [-0.3, -0.25) is 9.78 Å². The standard InChI is InChI=1S/C20H26N4O/c1-3-4-5-7-12-18(14-17-10-8-6-9-11-17)15-21-24-20-22-16(2)13-19(25)23-20/h6,8-11,13-15H,3-5,7,12H2,1-2H3,(H2,22,23,24,25)/b18-14?,21-15+. The van der Waals surface area contributed by atoms with Crippen LogP contribution < -0.4 is 11.0 Å². The number of hydrogen-bond acceptors (Lipinski definition) is 4. The summed E-state index contributed by atoms with van der Waals surface area (Å²) in [4.78, 5) is 18.3. The van der Waals surface area contributed by atoms with Crippen molar-refractivity contribution in [3.63, 3.8) is 0 Å². The predicted molar refractivity (Wildman–Crippen MR) is 105 cm³/mol. The first-order valence-corrected chi connectivity index (χ1v) is 8.80. The Morgan fingerprint density at radius 3 is 2.76 bits per heavy atom. The van der Waals surface area contributed by atoms with Gasteiger partial charge in [0.2, 0.25) is 5.95 Å². The molecule has 0 saturated heterocycles. The van der Waals surface area contributed by atoms with Crippen molar-refractivity contribution in [3.8, 4) is 0 Å². The number of benzene rings is 1. The van der Waals surface area contributed by atoms with E-state index >= 15 is 0 Å². The van der Waals surface area contributed by atoms with Crippen molar-refractivity contribution in [2.45, 2.75) is 46.0 Å². The minimum Gasteiger partial charge on any atom is -0.291 e. The van der Waals surface area contributed by atoms with Gasteiger partial charge in [0.1, 0.15) is 0 Å². The molecular weight excluding hydrogens is 312 g/mol. The predicted octanol–water partition coefficient (Wildman–Crippen LogP) is 4.53. The molecule has 0 saturated carbocycles. The molecule has 0 aliphatic heterocycles. The van der Waals surface area contributed by atoms with Crippen LogP contribution in [0.25, 0.3) is 6.08 Å². The van der Waals surface area contributed by atoms with Crippen LogP contribution in [0, 0.1) is 6.92 Å². The van der Waals surface area contributed by atoms with Crippen LogP contribution in [0.5, 0.6) is 0 Å². The van der Waals surface area contributed by atoms with Gasteiger partial charge in [-0.2, -0.15) is 5.10 Å². The van der Waals surface area contributed by atoms with Crippen molar-refractivity contribution in [3.05, 3.63) is 63.6 Å². The monoisotopic (exact) mass is 338 g/mol. The Labute approximate surface area is 148 Å². The topological polar surface area (TPSA) is 70.1 Å². The molecule has 0 amide bonds. The summed E-state index contributed by atoms with van der Waals surface area (Å²) < 4.78 is 0. The van der Waals surface area contributed by atoms with Crippen LogP contribution in [0.3, 0.4) is 0 Å². The number of allylic oxidation sites excluding steroid dienone is 1. The third-order valence-corrected chi connectivity index (χ3v) is 3.74. The molecule has 0 aliphatic carbocycles. The van der Waals surface area contributed by atoms with Gasteiger partial charge in [-0.05, 0) is 30.9 Å². The van der Waals surface area contributed by atoms with Crippen LogP contribution in [-0.2, 0) is 0 Å². The number of aromatic amines is 1. The smallest absolute Gasteiger partial charge is 0.252 e. The van der Waals surface area contributed by atoms with E-state index < -0.39 is 0 Å². The summed E-state index contributed by atoms with van der Waals surface area (Å²) in [6, 6.07) is 11.7. The quantitative estimate of drug-likeness (QED) is 0.401. The average molecular weight is 338 g/mol. The highest BCUT2D eigenvalue weighted by atomic mass is 16.1. The molecule has 1 heterocycles. The molecule has 132 valence electrons. The van der Waals surface area contributed by atoms with Crippen molar-refractivity contribution in [2.24, 2.45) is 5.10 Å². The van der Waals surface area contributed by atoms with Crippen molar-refractivity contribution in [2.75, 3.05) is 5.43 Å². The number of rotatable bonds is 9. The number of aryl methyl sites for hydroxylation is 1. The molecule has 0 bridgehead atoms. The lowest BCUT2D eigenvalue weighted by Gasteiger charge is -2.04. The zero-order chi connectivity index (χ0) is 17.9. The molecule has 1 aromatic heterocycles. The zero-order valence-electron chi connectivity index (χ0n) is 15.0. The number of hydrogen-bond donors (Lipinski definition) is 2. The van der Waals surface area contributed by atoms with Gasteiger partial charge in [-0.25, -0.2) is 10.4 Å². The van der Waals surface area contributed by atoms with E-state index in [-0.39, 0.29) is 5.56 Å². The maximum absolute atomic E-state index is 11.5. The molecule has 0 unspecified atom stereocenters. The minimum absolute atomic E-state index is 0.190. The Kier molecular flexibility index (Phi) is 7.63. The molecule has 2 N–H and O–H groups in total. The van der Waals surface area contributed by atoms with E-state index in [4.69, 9.17) is 0 Å². The minimum atomic E-state index is -0.190. The first-order chi connectivity index (χ1) is 12.2. The maximum atomic E-state index is 11.5. The van der Waals surface area contributed by atoms with E-state index in [0.29, 0.717) is 11.6 Å². The molecule has 25 heavy (non-hydrogen) atoms. The second-order valence-corrected chi connectivity index (χ2v) is 6.05. The molecule has 5 nitrogen and oxygen atoms in total. The number of nitrogens with zero attached hydrogens (tertiary/aromatic N) is 2. The van der Waals surface area contributed by atoms with Crippen LogP contribution >= 0.6 is 0 Å². The fourth-order valence-electron chi connectivity index (χ4n) is 2.50. The molecule has 1 aromatic carbocycles. The van der Waals surface area contributed by atoms with Crippen molar-refractivity contribution >= 4 is 18.2 Å². The van der Waals surface area contributed by atoms with Crippen molar-refractivity contribution in [1.29, 1.82) is 0 Å². The van der Waals surface area contributed by atoms with Crippen molar-refractivity contribution < 1.29 is 0 Å². The molecule has 0 aliphatic rings. The highest BCUT2D eigenvalue weighted by Crippen LogP contribution is 2.13. The van der Waals surface area contributed by atoms with E-state index in [1.165, 1.54) is 25.3 Å². The number of anilines is 1. The summed E-state index contributed by atoms with van der Waals surface area (Å²) in [5.41, 5.74) is 5.57. The molecule has 0 fully saturated rings. The summed E-state index contributed by atoms with van der Waals surface area (Å²) in [5, 5.41) is 4.24. The lowest BCUT2D eigenvalue weighted by Crippen LogP contribution is -2.10. The Morgan fingerprint density at radius 1 is 1.24 bits per heavy atom. The SMILES string of the molecule is CCCCCCC(=Cc1ccccc1)/C=N/Nc1nc(C)cc(=O)[nH]1. The lowest BCUT2D eigenvalue weighted by molar-refractivity contribution is 0.671. The molecule has 5 heteroatoms. The van der Waals surface area contributed by atoms with Gasteiger partial charge in [0.15, 0.2) is 0 Å². The van der Waals surface area contributed by atoms with Crippen LogP contribution in [0.2, 0.25) is 0 Å². The van der Waals surface area contributed by atoms with E-state index in [1.807, 2.05) is 18.2 Å². The van der Waals surface area contributed by atoms with Gasteiger partial charge in [-0.15, -0.1) is 0 Å². The van der Waals surface area contributed by atoms with Gasteiger partial charge >= 0.3 is 0 Å². The Bertz CT molecular complexity index is 763. The summed E-state index contributed by atoms with van der Waals surface area (Å²) >= 11 is 0. The maximum Gasteiger partial charge on any atom is 0.252 e. The number of unbranched alkanes of at least 4 members (excludes halogenated alkanes) is 3. The first kappa shape index (κ1) is 18.6. The molecule has 0 spiro atoms. The third-order valence-electron chi connectivity index (χ3n) is 3.74. The van der Waals surface area contributed by atoms with Crippen molar-refractivity contribution in [1.82, 2.24) is 9.97 Å². The molecule has 2 rings (SSSR count). The fraction of sp³-hybridized carbons (Fsp3) is 0.350. The van der Waals surface area contributed by atoms with Gasteiger partial charge < -0.3 is 0 Å². The number of aromatic nitrogens is 2. The van der Waals surface area contributed by atoms with Gasteiger partial charge in [0.05, 0.1) is 6.21 Å². The van der Waals surface area contributed by atoms with Crippen LogP contribution in [0.15, 0.2) is 51.9 Å². The zero-order valence-corrected chi connectivity index (χ0v) is 15.0. The molecule has 0 radical (unpaired) electrons. The van der Waals surface area contributed by atoms with E-state index in [1.54, 1.807) is 13.1 Å². The van der Waals surface area contributed by atoms with E-state index in [0.717, 1.165) is 24.0 Å². The van der Waals surface area contributed by atoms with Crippen LogP contribution in [-0.4, -0.2) is 16.2 Å². The molecule has 0 atom stereocenters. The summed E-state index contributed by atoms with van der Waals surface area (Å²) in [6.45, 7) is 3.99. The third kappa shape index (κ3) is 7.16. The second kappa shape index (κ2) is 10.2. The first-order valence-electron chi connectivity index (χ1n) is 8.80. The molecular formula is C20H26N4O. The summed E-state index contributed by atoms with van der Waals surface area (Å²) in [7, 11) is 0. The Morgan fingerprint density at radius 2 is 2.04 bits per heavy atom. The van der Waals surface area contributed by atoms with E-state index in [2.05, 4.69) is 45.6 Å². The van der Waals surface area contributed by atoms with Gasteiger partial charge in [0.25, 0.3) is 5.56 Å². The van der Waals surface area contributed by atoms with Gasteiger partial charge in [0, 0.05) is 11.8 Å². The Hall–Kier alpha value is -2.69. The largest absolute Gasteiger partial charge is 0.291 e. The molecule has 2 aromatic rings. The van der Waals surface area contributed by atoms with Gasteiger partial charge in [-0.1, -0.05) is 62.6 Å². The lowest BCUT2D eigenvalue weighted by atomic mass is 10.0. The number of nitrogens with one attached hydrogen (secondary N) is 2. The normalized spacial score (nSPS) is 11.8. The fourth-order valence-corrected chi connectivity index (χ4v) is 2.50. The highest BCUT2D eigenvalue weighted by Gasteiger charge is 1.98. The highest BCUT2D eigenvalue weighted by molar-refractivity contribution is 5.85. The van der Waals surface area contributed by atoms with Crippen LogP contribution in [0.1, 0.15) is 50.3 Å². The summed E-state index contributed by atoms with van der Waals surface area (Å²) in [5.74, 6) is 0.353. The second-order valence-electron chi connectivity index (χ2n) is 6.05. The van der Waals surface area contributed by atoms with E-state index in [9.17, 15) is 4.79 Å². The number of H-pyrrole nitrogens is 1. The van der Waals surface area contributed by atoms with Crippen LogP contribution in [0.4, 0.5) is 5.95 Å². The Balaban J connectivity index is 2.06. The number of hydrazone groups is 1.